The van der Waals surface area contributed by atoms with Gasteiger partial charge in [-0.15, -0.1) is 0 Å². The number of carbonyl (C=O) groups is 1. The van der Waals surface area contributed by atoms with Gasteiger partial charge in [-0.25, -0.2) is 13.1 Å². The molecule has 0 aromatic heterocycles. The van der Waals surface area contributed by atoms with E-state index in [4.69, 9.17) is 0 Å². The third-order valence-corrected chi connectivity index (χ3v) is 5.82. The van der Waals surface area contributed by atoms with E-state index >= 15 is 0 Å². The predicted molar refractivity (Wildman–Crippen MR) is 90.6 cm³/mol. The number of sulfonamides is 1. The highest BCUT2D eigenvalue weighted by molar-refractivity contribution is 7.89. The molecule has 0 spiro atoms. The van der Waals surface area contributed by atoms with Gasteiger partial charge >= 0.3 is 0 Å². The van der Waals surface area contributed by atoms with Crippen LogP contribution in [0.15, 0.2) is 29.2 Å². The van der Waals surface area contributed by atoms with Crippen molar-refractivity contribution in [2.75, 3.05) is 13.1 Å². The fourth-order valence-corrected chi connectivity index (χ4v) is 4.28. The van der Waals surface area contributed by atoms with Crippen LogP contribution in [0.3, 0.4) is 0 Å². The summed E-state index contributed by atoms with van der Waals surface area (Å²) in [4.78, 5) is 13.9. The Bertz CT molecular complexity index is 637. The fraction of sp³-hybridized carbons (Fsp3) is 0.588. The lowest BCUT2D eigenvalue weighted by atomic mass is 9.94. The van der Waals surface area contributed by atoms with Crippen LogP contribution in [-0.4, -0.2) is 38.4 Å². The largest absolute Gasteiger partial charge is 0.339 e. The predicted octanol–water partition coefficient (Wildman–Crippen LogP) is 2.45. The van der Waals surface area contributed by atoms with Crippen LogP contribution in [0.2, 0.25) is 0 Å². The van der Waals surface area contributed by atoms with Crippen molar-refractivity contribution in [3.63, 3.8) is 0 Å². The quantitative estimate of drug-likeness (QED) is 0.866. The molecule has 128 valence electrons. The molecule has 0 radical (unpaired) electrons. The second-order valence-electron chi connectivity index (χ2n) is 6.22. The van der Waals surface area contributed by atoms with Gasteiger partial charge < -0.3 is 4.90 Å². The number of aryl methyl sites for hydroxylation is 1. The van der Waals surface area contributed by atoms with Crippen LogP contribution in [0.1, 0.15) is 44.6 Å². The number of hydrogen-bond acceptors (Lipinski definition) is 3. The zero-order valence-electron chi connectivity index (χ0n) is 13.9. The summed E-state index contributed by atoms with van der Waals surface area (Å²) in [7, 11) is -3.52. The molecule has 0 heterocycles. The van der Waals surface area contributed by atoms with Gasteiger partial charge in [-0.2, -0.15) is 0 Å². The first-order valence-electron chi connectivity index (χ1n) is 8.24. The van der Waals surface area contributed by atoms with E-state index in [0.717, 1.165) is 31.2 Å². The minimum absolute atomic E-state index is 0.0200. The van der Waals surface area contributed by atoms with Gasteiger partial charge in [0.1, 0.15) is 0 Å². The van der Waals surface area contributed by atoms with Crippen molar-refractivity contribution < 1.29 is 13.2 Å². The zero-order chi connectivity index (χ0) is 16.9. The Balaban J connectivity index is 1.94. The average Bonchev–Trinajstić information content (AvgIpc) is 2.52. The van der Waals surface area contributed by atoms with Gasteiger partial charge in [0.15, 0.2) is 0 Å². The number of nitrogens with one attached hydrogen (secondary N) is 1. The van der Waals surface area contributed by atoms with Crippen LogP contribution in [-0.2, 0) is 14.8 Å². The van der Waals surface area contributed by atoms with E-state index in [1.165, 1.54) is 6.42 Å². The molecule has 1 fully saturated rings. The highest BCUT2D eigenvalue weighted by atomic mass is 32.2. The molecule has 1 aromatic carbocycles. The Morgan fingerprint density at radius 3 is 2.57 bits per heavy atom. The molecule has 2 rings (SSSR count). The summed E-state index contributed by atoms with van der Waals surface area (Å²) < 4.78 is 27.2. The molecule has 0 aliphatic heterocycles. The number of rotatable bonds is 6. The maximum atomic E-state index is 12.3. The van der Waals surface area contributed by atoms with Crippen molar-refractivity contribution >= 4 is 15.9 Å². The third kappa shape index (κ3) is 5.04. The maximum absolute atomic E-state index is 12.3. The molecule has 1 aromatic rings. The van der Waals surface area contributed by atoms with Crippen LogP contribution in [0.4, 0.5) is 0 Å². The van der Waals surface area contributed by atoms with Gasteiger partial charge in [0, 0.05) is 26.1 Å². The Labute approximate surface area is 139 Å². The summed E-state index contributed by atoms with van der Waals surface area (Å²) in [6.45, 7) is 4.08. The first kappa shape index (κ1) is 17.9. The molecule has 23 heavy (non-hydrogen) atoms. The second kappa shape index (κ2) is 7.93. The first-order valence-corrected chi connectivity index (χ1v) is 9.72. The zero-order valence-corrected chi connectivity index (χ0v) is 14.7. The summed E-state index contributed by atoms with van der Waals surface area (Å²) in [5.41, 5.74) is 0.903. The molecule has 0 atom stereocenters. The summed E-state index contributed by atoms with van der Waals surface area (Å²) >= 11 is 0. The molecule has 6 heteroatoms. The van der Waals surface area contributed by atoms with E-state index in [1.807, 2.05) is 17.9 Å². The van der Waals surface area contributed by atoms with Gasteiger partial charge in [-0.3, -0.25) is 4.79 Å². The normalized spacial score (nSPS) is 16.3. The SMILES string of the molecule is CC(=O)N(CCNS(=O)(=O)c1cccc(C)c1)C1CCCCC1. The number of carbonyl (C=O) groups excluding carboxylic acids is 1. The van der Waals surface area contributed by atoms with Gasteiger partial charge in [0.25, 0.3) is 0 Å². The van der Waals surface area contributed by atoms with Crippen molar-refractivity contribution in [3.05, 3.63) is 29.8 Å². The van der Waals surface area contributed by atoms with Crippen molar-refractivity contribution in [1.82, 2.24) is 9.62 Å². The van der Waals surface area contributed by atoms with E-state index in [1.54, 1.807) is 25.1 Å². The van der Waals surface area contributed by atoms with E-state index in [-0.39, 0.29) is 23.4 Å². The number of hydrogen-bond donors (Lipinski definition) is 1. The van der Waals surface area contributed by atoms with Crippen LogP contribution >= 0.6 is 0 Å². The molecular weight excluding hydrogens is 312 g/mol. The molecule has 0 saturated heterocycles. The standard InChI is InChI=1S/C17H26N2O3S/c1-14-7-6-10-17(13-14)23(21,22)18-11-12-19(15(2)20)16-8-4-3-5-9-16/h6-7,10,13,16,18H,3-5,8-9,11-12H2,1-2H3. The number of amides is 1. The molecular formula is C17H26N2O3S. The molecule has 0 bridgehead atoms. The molecule has 1 saturated carbocycles. The summed E-state index contributed by atoms with van der Waals surface area (Å²) in [6.07, 6.45) is 5.55. The molecule has 0 unspecified atom stereocenters. The summed E-state index contributed by atoms with van der Waals surface area (Å²) in [5, 5.41) is 0. The minimum atomic E-state index is -3.52. The van der Waals surface area contributed by atoms with Gasteiger partial charge in [-0.1, -0.05) is 31.4 Å². The van der Waals surface area contributed by atoms with Crippen LogP contribution in [0.25, 0.3) is 0 Å². The Morgan fingerprint density at radius 2 is 1.96 bits per heavy atom. The van der Waals surface area contributed by atoms with E-state index < -0.39 is 10.0 Å². The highest BCUT2D eigenvalue weighted by Gasteiger charge is 2.23. The highest BCUT2D eigenvalue weighted by Crippen LogP contribution is 2.22. The summed E-state index contributed by atoms with van der Waals surface area (Å²) in [5.74, 6) is 0.0200. The van der Waals surface area contributed by atoms with Crippen molar-refractivity contribution in [1.29, 1.82) is 0 Å². The Morgan fingerprint density at radius 1 is 1.26 bits per heavy atom. The molecule has 1 amide bonds. The molecule has 1 N–H and O–H groups in total. The van der Waals surface area contributed by atoms with Crippen LogP contribution in [0.5, 0.6) is 0 Å². The molecule has 1 aliphatic carbocycles. The molecule has 1 aliphatic rings. The van der Waals surface area contributed by atoms with Crippen molar-refractivity contribution in [2.24, 2.45) is 0 Å². The van der Waals surface area contributed by atoms with Gasteiger partial charge in [-0.05, 0) is 37.5 Å². The van der Waals surface area contributed by atoms with Gasteiger partial charge in [0.05, 0.1) is 4.90 Å². The lowest BCUT2D eigenvalue weighted by Crippen LogP contribution is -2.44. The van der Waals surface area contributed by atoms with Gasteiger partial charge in [0.2, 0.25) is 15.9 Å². The Kier molecular flexibility index (Phi) is 6.18. The topological polar surface area (TPSA) is 66.5 Å². The molecule has 5 nitrogen and oxygen atoms in total. The van der Waals surface area contributed by atoms with Crippen molar-refractivity contribution in [3.8, 4) is 0 Å². The summed E-state index contributed by atoms with van der Waals surface area (Å²) in [6, 6.07) is 7.07. The minimum Gasteiger partial charge on any atom is -0.339 e. The average molecular weight is 338 g/mol. The monoisotopic (exact) mass is 338 g/mol. The number of nitrogens with zero attached hydrogens (tertiary/aromatic N) is 1. The van der Waals surface area contributed by atoms with E-state index in [2.05, 4.69) is 4.72 Å². The fourth-order valence-electron chi connectivity index (χ4n) is 3.16. The van der Waals surface area contributed by atoms with E-state index in [9.17, 15) is 13.2 Å². The first-order chi connectivity index (χ1) is 10.9. The lowest BCUT2D eigenvalue weighted by molar-refractivity contribution is -0.131. The van der Waals surface area contributed by atoms with Crippen molar-refractivity contribution in [2.45, 2.75) is 56.9 Å². The Hall–Kier alpha value is -1.40. The lowest BCUT2D eigenvalue weighted by Gasteiger charge is -2.33. The second-order valence-corrected chi connectivity index (χ2v) is 7.99. The van der Waals surface area contributed by atoms with Crippen LogP contribution < -0.4 is 4.72 Å². The van der Waals surface area contributed by atoms with Crippen LogP contribution in [0, 0.1) is 6.92 Å². The smallest absolute Gasteiger partial charge is 0.240 e. The maximum Gasteiger partial charge on any atom is 0.240 e. The third-order valence-electron chi connectivity index (χ3n) is 4.36. The van der Waals surface area contributed by atoms with E-state index in [0.29, 0.717) is 6.54 Å². The number of benzene rings is 1.